The highest BCUT2D eigenvalue weighted by atomic mass is 16.6. The van der Waals surface area contributed by atoms with Crippen LogP contribution >= 0.6 is 0 Å². The first kappa shape index (κ1) is 12.2. The van der Waals surface area contributed by atoms with E-state index in [0.717, 1.165) is 0 Å². The quantitative estimate of drug-likeness (QED) is 0.671. The molecule has 2 atom stereocenters. The molecule has 0 radical (unpaired) electrons. The Balaban J connectivity index is 2.85. The van der Waals surface area contributed by atoms with Gasteiger partial charge in [-0.1, -0.05) is 13.8 Å². The highest BCUT2D eigenvalue weighted by Gasteiger charge is 2.40. The Bertz CT molecular complexity index is 281. The first-order chi connectivity index (χ1) is 6.90. The molecule has 86 valence electrons. The largest absolute Gasteiger partial charge is 0.451 e. The van der Waals surface area contributed by atoms with Crippen LogP contribution in [0.4, 0.5) is 0 Å². The van der Waals surface area contributed by atoms with Crippen LogP contribution in [0.5, 0.6) is 0 Å². The van der Waals surface area contributed by atoms with Gasteiger partial charge >= 0.3 is 5.97 Å². The Hall–Kier alpha value is -0.830. The summed E-state index contributed by atoms with van der Waals surface area (Å²) < 4.78 is 10.8. The summed E-state index contributed by atoms with van der Waals surface area (Å²) in [6.07, 6.45) is 1.73. The van der Waals surface area contributed by atoms with Crippen LogP contribution in [-0.2, 0) is 14.3 Å². The van der Waals surface area contributed by atoms with Crippen molar-refractivity contribution in [3.8, 4) is 0 Å². The molecule has 0 aromatic rings. The van der Waals surface area contributed by atoms with Gasteiger partial charge < -0.3 is 9.47 Å². The Morgan fingerprint density at radius 2 is 2.07 bits per heavy atom. The van der Waals surface area contributed by atoms with Crippen LogP contribution in [-0.4, -0.2) is 24.3 Å². The van der Waals surface area contributed by atoms with Gasteiger partial charge in [-0.05, 0) is 32.8 Å². The zero-order valence-corrected chi connectivity index (χ0v) is 10.2. The summed E-state index contributed by atoms with van der Waals surface area (Å²) in [5, 5.41) is 0. The highest BCUT2D eigenvalue weighted by molar-refractivity contribution is 5.92. The second-order valence-corrected chi connectivity index (χ2v) is 4.43. The van der Waals surface area contributed by atoms with E-state index < -0.39 is 5.60 Å². The zero-order chi connectivity index (χ0) is 11.6. The van der Waals surface area contributed by atoms with E-state index in [9.17, 15) is 4.79 Å². The molecule has 0 spiro atoms. The van der Waals surface area contributed by atoms with E-state index in [-0.39, 0.29) is 18.0 Å². The van der Waals surface area contributed by atoms with Crippen molar-refractivity contribution in [3.63, 3.8) is 0 Å². The van der Waals surface area contributed by atoms with Gasteiger partial charge in [-0.25, -0.2) is 4.79 Å². The lowest BCUT2D eigenvalue weighted by Crippen LogP contribution is -2.30. The molecule has 3 nitrogen and oxygen atoms in total. The SMILES string of the molecule is CCOC(C)C1=CC(C)(C(C)C)OC1=O. The number of hydrogen-bond acceptors (Lipinski definition) is 3. The third-order valence-corrected chi connectivity index (χ3v) is 2.99. The van der Waals surface area contributed by atoms with Crippen LogP contribution in [0.25, 0.3) is 0 Å². The molecule has 0 bridgehead atoms. The summed E-state index contributed by atoms with van der Waals surface area (Å²) in [5.74, 6) is 0.0277. The second-order valence-electron chi connectivity index (χ2n) is 4.43. The molecule has 15 heavy (non-hydrogen) atoms. The van der Waals surface area contributed by atoms with Crippen LogP contribution < -0.4 is 0 Å². The number of carbonyl (C=O) groups is 1. The molecule has 0 amide bonds. The minimum atomic E-state index is -0.474. The van der Waals surface area contributed by atoms with Crippen LogP contribution in [0, 0.1) is 5.92 Å². The van der Waals surface area contributed by atoms with Gasteiger partial charge in [0.1, 0.15) is 5.60 Å². The van der Waals surface area contributed by atoms with Gasteiger partial charge in [-0.15, -0.1) is 0 Å². The first-order valence-electron chi connectivity index (χ1n) is 5.48. The van der Waals surface area contributed by atoms with Crippen molar-refractivity contribution >= 4 is 5.97 Å². The monoisotopic (exact) mass is 212 g/mol. The number of hydrogen-bond donors (Lipinski definition) is 0. The average molecular weight is 212 g/mol. The van der Waals surface area contributed by atoms with E-state index in [4.69, 9.17) is 9.47 Å². The molecule has 0 fully saturated rings. The van der Waals surface area contributed by atoms with Crippen molar-refractivity contribution in [2.45, 2.75) is 46.3 Å². The van der Waals surface area contributed by atoms with Crippen molar-refractivity contribution in [2.75, 3.05) is 6.61 Å². The zero-order valence-electron chi connectivity index (χ0n) is 10.2. The van der Waals surface area contributed by atoms with Crippen LogP contribution in [0.2, 0.25) is 0 Å². The molecule has 3 heteroatoms. The van der Waals surface area contributed by atoms with Crippen molar-refractivity contribution in [1.29, 1.82) is 0 Å². The Morgan fingerprint density at radius 1 is 1.47 bits per heavy atom. The van der Waals surface area contributed by atoms with Crippen LogP contribution in [0.15, 0.2) is 11.6 Å². The second kappa shape index (κ2) is 4.35. The molecule has 1 rings (SSSR count). The summed E-state index contributed by atoms with van der Waals surface area (Å²) in [7, 11) is 0. The summed E-state index contributed by atoms with van der Waals surface area (Å²) in [5.41, 5.74) is 0.172. The lowest BCUT2D eigenvalue weighted by molar-refractivity contribution is -0.149. The van der Waals surface area contributed by atoms with Gasteiger partial charge in [0.25, 0.3) is 0 Å². The normalized spacial score (nSPS) is 27.9. The summed E-state index contributed by atoms with van der Waals surface area (Å²) in [4.78, 5) is 11.6. The molecule has 1 aliphatic heterocycles. The maximum absolute atomic E-state index is 11.6. The van der Waals surface area contributed by atoms with Crippen molar-refractivity contribution in [3.05, 3.63) is 11.6 Å². The fourth-order valence-corrected chi connectivity index (χ4v) is 1.56. The van der Waals surface area contributed by atoms with E-state index in [0.29, 0.717) is 12.2 Å². The Morgan fingerprint density at radius 3 is 2.47 bits per heavy atom. The lowest BCUT2D eigenvalue weighted by Gasteiger charge is -2.25. The van der Waals surface area contributed by atoms with Gasteiger partial charge in [0.15, 0.2) is 0 Å². The van der Waals surface area contributed by atoms with E-state index in [2.05, 4.69) is 0 Å². The molecule has 0 aliphatic carbocycles. The van der Waals surface area contributed by atoms with Gasteiger partial charge in [0.2, 0.25) is 0 Å². The average Bonchev–Trinajstić information content (AvgIpc) is 2.44. The fraction of sp³-hybridized carbons (Fsp3) is 0.750. The van der Waals surface area contributed by atoms with Crippen molar-refractivity contribution in [1.82, 2.24) is 0 Å². The van der Waals surface area contributed by atoms with Crippen molar-refractivity contribution < 1.29 is 14.3 Å². The molecule has 1 heterocycles. The van der Waals surface area contributed by atoms with Gasteiger partial charge in [-0.3, -0.25) is 0 Å². The maximum atomic E-state index is 11.6. The molecule has 0 saturated carbocycles. The van der Waals surface area contributed by atoms with Crippen molar-refractivity contribution in [2.24, 2.45) is 5.92 Å². The third kappa shape index (κ3) is 2.40. The van der Waals surface area contributed by atoms with Gasteiger partial charge in [0, 0.05) is 6.61 Å². The first-order valence-corrected chi connectivity index (χ1v) is 5.48. The summed E-state index contributed by atoms with van der Waals surface area (Å²) in [6.45, 7) is 10.4. The predicted octanol–water partition coefficient (Wildman–Crippen LogP) is 2.31. The molecule has 0 N–H and O–H groups in total. The van der Waals surface area contributed by atoms with Gasteiger partial charge in [-0.2, -0.15) is 0 Å². The fourth-order valence-electron chi connectivity index (χ4n) is 1.56. The molecule has 1 aliphatic rings. The number of cyclic esters (lactones) is 1. The Kier molecular flexibility index (Phi) is 3.55. The predicted molar refractivity (Wildman–Crippen MR) is 58.5 cm³/mol. The topological polar surface area (TPSA) is 35.5 Å². The molecule has 0 aromatic heterocycles. The molecule has 2 unspecified atom stereocenters. The molecule has 0 saturated heterocycles. The standard InChI is InChI=1S/C12H20O3/c1-6-14-9(4)10-7-12(5,8(2)3)15-11(10)13/h7-9H,6H2,1-5H3. The summed E-state index contributed by atoms with van der Waals surface area (Å²) in [6, 6.07) is 0. The number of ether oxygens (including phenoxy) is 2. The van der Waals surface area contributed by atoms with E-state index >= 15 is 0 Å². The van der Waals surface area contributed by atoms with E-state index in [1.54, 1.807) is 0 Å². The van der Waals surface area contributed by atoms with E-state index in [1.165, 1.54) is 0 Å². The lowest BCUT2D eigenvalue weighted by atomic mass is 9.91. The molecular formula is C12H20O3. The molecule has 0 aromatic carbocycles. The Labute approximate surface area is 91.4 Å². The maximum Gasteiger partial charge on any atom is 0.337 e. The third-order valence-electron chi connectivity index (χ3n) is 2.99. The van der Waals surface area contributed by atoms with E-state index in [1.807, 2.05) is 40.7 Å². The molecular weight excluding hydrogens is 192 g/mol. The number of rotatable bonds is 4. The van der Waals surface area contributed by atoms with Gasteiger partial charge in [0.05, 0.1) is 11.7 Å². The van der Waals surface area contributed by atoms with Crippen LogP contribution in [0.3, 0.4) is 0 Å². The number of esters is 1. The van der Waals surface area contributed by atoms with Crippen LogP contribution in [0.1, 0.15) is 34.6 Å². The summed E-state index contributed by atoms with van der Waals surface area (Å²) >= 11 is 0. The highest BCUT2D eigenvalue weighted by Crippen LogP contribution is 2.33. The minimum Gasteiger partial charge on any atom is -0.451 e. The number of carbonyl (C=O) groups excluding carboxylic acids is 1. The smallest absolute Gasteiger partial charge is 0.337 e. The minimum absolute atomic E-state index is 0.178.